The Morgan fingerprint density at radius 2 is 2.28 bits per heavy atom. The molecule has 1 aliphatic rings. The Morgan fingerprint density at radius 1 is 1.44 bits per heavy atom. The number of aromatic nitrogens is 2. The average Bonchev–Trinajstić information content (AvgIpc) is 2.40. The lowest BCUT2D eigenvalue weighted by Gasteiger charge is -2.23. The fourth-order valence-corrected chi connectivity index (χ4v) is 1.82. The summed E-state index contributed by atoms with van der Waals surface area (Å²) in [7, 11) is 3.37. The minimum absolute atomic E-state index is 0.142. The van der Waals surface area contributed by atoms with E-state index in [9.17, 15) is 4.79 Å². The van der Waals surface area contributed by atoms with Crippen molar-refractivity contribution in [2.24, 2.45) is 0 Å². The van der Waals surface area contributed by atoms with E-state index < -0.39 is 0 Å². The fourth-order valence-electron chi connectivity index (χ4n) is 1.82. The molecule has 1 atom stereocenters. The number of amides is 1. The van der Waals surface area contributed by atoms with Gasteiger partial charge in [0.15, 0.2) is 5.69 Å². The molecule has 0 aliphatic carbocycles. The minimum Gasteiger partial charge on any atom is -0.472 e. The van der Waals surface area contributed by atoms with Gasteiger partial charge in [0.25, 0.3) is 5.91 Å². The molecule has 0 bridgehead atoms. The number of piperidine rings is 1. The van der Waals surface area contributed by atoms with Crippen molar-refractivity contribution >= 4 is 5.91 Å². The van der Waals surface area contributed by atoms with Gasteiger partial charge in [-0.05, 0) is 25.5 Å². The second-order valence-corrected chi connectivity index (χ2v) is 4.54. The summed E-state index contributed by atoms with van der Waals surface area (Å²) in [6.07, 6.45) is 2.27. The molecule has 1 unspecified atom stereocenters. The predicted octanol–water partition coefficient (Wildman–Crippen LogP) is 0.309. The van der Waals surface area contributed by atoms with Crippen molar-refractivity contribution in [1.29, 1.82) is 0 Å². The molecule has 98 valence electrons. The van der Waals surface area contributed by atoms with E-state index in [1.54, 1.807) is 26.2 Å². The zero-order valence-electron chi connectivity index (χ0n) is 10.7. The van der Waals surface area contributed by atoms with Crippen LogP contribution in [0.5, 0.6) is 5.88 Å². The number of nitrogens with one attached hydrogen (secondary N) is 1. The molecule has 1 saturated heterocycles. The van der Waals surface area contributed by atoms with Crippen LogP contribution in [0.1, 0.15) is 23.3 Å². The molecule has 2 rings (SSSR count). The first kappa shape index (κ1) is 12.8. The molecule has 1 aromatic rings. The molecule has 1 fully saturated rings. The Hall–Kier alpha value is -1.69. The van der Waals surface area contributed by atoms with Crippen LogP contribution >= 0.6 is 0 Å². The van der Waals surface area contributed by atoms with Gasteiger partial charge in [-0.3, -0.25) is 4.79 Å². The maximum atomic E-state index is 11.6. The molecule has 6 heteroatoms. The average molecular weight is 250 g/mol. The van der Waals surface area contributed by atoms with Gasteiger partial charge in [0.2, 0.25) is 5.88 Å². The third-order valence-corrected chi connectivity index (χ3v) is 2.80. The van der Waals surface area contributed by atoms with Crippen LogP contribution < -0.4 is 10.1 Å². The van der Waals surface area contributed by atoms with Crippen LogP contribution in [-0.4, -0.2) is 54.3 Å². The molecular formula is C12H18N4O2. The van der Waals surface area contributed by atoms with Gasteiger partial charge in [0.05, 0.1) is 0 Å². The minimum atomic E-state index is -0.159. The van der Waals surface area contributed by atoms with Crippen LogP contribution in [0.25, 0.3) is 0 Å². The summed E-state index contributed by atoms with van der Waals surface area (Å²) in [5.41, 5.74) is 0.328. The van der Waals surface area contributed by atoms with Crippen molar-refractivity contribution in [2.45, 2.75) is 18.9 Å². The molecule has 1 aromatic heterocycles. The van der Waals surface area contributed by atoms with E-state index in [2.05, 4.69) is 15.5 Å². The SMILES string of the molecule is CN(C)C(=O)c1ccc(OC2CCCNC2)nn1. The first-order valence-corrected chi connectivity index (χ1v) is 6.09. The quantitative estimate of drug-likeness (QED) is 0.836. The molecule has 6 nitrogen and oxygen atoms in total. The van der Waals surface area contributed by atoms with E-state index in [0.717, 1.165) is 25.9 Å². The van der Waals surface area contributed by atoms with Gasteiger partial charge in [-0.15, -0.1) is 10.2 Å². The molecular weight excluding hydrogens is 232 g/mol. The monoisotopic (exact) mass is 250 g/mol. The first-order chi connectivity index (χ1) is 8.66. The summed E-state index contributed by atoms with van der Waals surface area (Å²) < 4.78 is 5.69. The van der Waals surface area contributed by atoms with E-state index in [4.69, 9.17) is 4.74 Å². The highest BCUT2D eigenvalue weighted by molar-refractivity contribution is 5.91. The summed E-state index contributed by atoms with van der Waals surface area (Å²) in [5, 5.41) is 11.1. The molecule has 1 amide bonds. The van der Waals surface area contributed by atoms with Gasteiger partial charge in [-0.25, -0.2) is 0 Å². The zero-order chi connectivity index (χ0) is 13.0. The van der Waals surface area contributed by atoms with E-state index in [1.807, 2.05) is 0 Å². The smallest absolute Gasteiger partial charge is 0.273 e. The van der Waals surface area contributed by atoms with Crippen molar-refractivity contribution < 1.29 is 9.53 Å². The van der Waals surface area contributed by atoms with Gasteiger partial charge in [-0.2, -0.15) is 0 Å². The van der Waals surface area contributed by atoms with Crippen LogP contribution in [-0.2, 0) is 0 Å². The van der Waals surface area contributed by atoms with E-state index >= 15 is 0 Å². The van der Waals surface area contributed by atoms with E-state index in [-0.39, 0.29) is 12.0 Å². The molecule has 0 radical (unpaired) electrons. The largest absolute Gasteiger partial charge is 0.472 e. The number of carbonyl (C=O) groups is 1. The maximum absolute atomic E-state index is 11.6. The van der Waals surface area contributed by atoms with Gasteiger partial charge < -0.3 is 15.0 Å². The molecule has 0 spiro atoms. The Kier molecular flexibility index (Phi) is 4.09. The van der Waals surface area contributed by atoms with Crippen LogP contribution in [0.3, 0.4) is 0 Å². The van der Waals surface area contributed by atoms with Crippen molar-refractivity contribution in [1.82, 2.24) is 20.4 Å². The van der Waals surface area contributed by atoms with Crippen molar-refractivity contribution in [2.75, 3.05) is 27.2 Å². The Balaban J connectivity index is 1.96. The zero-order valence-corrected chi connectivity index (χ0v) is 10.7. The van der Waals surface area contributed by atoms with Crippen LogP contribution in [0.2, 0.25) is 0 Å². The first-order valence-electron chi connectivity index (χ1n) is 6.09. The number of nitrogens with zero attached hydrogens (tertiary/aromatic N) is 3. The second kappa shape index (κ2) is 5.77. The van der Waals surface area contributed by atoms with Gasteiger partial charge in [0.1, 0.15) is 6.10 Å². The van der Waals surface area contributed by atoms with Crippen LogP contribution in [0.15, 0.2) is 12.1 Å². The molecule has 18 heavy (non-hydrogen) atoms. The second-order valence-electron chi connectivity index (χ2n) is 4.54. The number of hydrogen-bond donors (Lipinski definition) is 1. The van der Waals surface area contributed by atoms with Crippen LogP contribution in [0.4, 0.5) is 0 Å². The molecule has 0 aromatic carbocycles. The standard InChI is InChI=1S/C12H18N4O2/c1-16(2)12(17)10-5-6-11(15-14-10)18-9-4-3-7-13-8-9/h5-6,9,13H,3-4,7-8H2,1-2H3. The van der Waals surface area contributed by atoms with Crippen LogP contribution in [0, 0.1) is 0 Å². The highest BCUT2D eigenvalue weighted by atomic mass is 16.5. The summed E-state index contributed by atoms with van der Waals surface area (Å²) in [6.45, 7) is 1.88. The highest BCUT2D eigenvalue weighted by Crippen LogP contribution is 2.12. The molecule has 0 saturated carbocycles. The summed E-state index contributed by atoms with van der Waals surface area (Å²) in [5.74, 6) is 0.312. The Morgan fingerprint density at radius 3 is 2.83 bits per heavy atom. The normalized spacial score (nSPS) is 19.3. The summed E-state index contributed by atoms with van der Waals surface area (Å²) in [6, 6.07) is 3.33. The maximum Gasteiger partial charge on any atom is 0.273 e. The summed E-state index contributed by atoms with van der Waals surface area (Å²) >= 11 is 0. The third-order valence-electron chi connectivity index (χ3n) is 2.80. The van der Waals surface area contributed by atoms with Gasteiger partial charge >= 0.3 is 0 Å². The highest BCUT2D eigenvalue weighted by Gasteiger charge is 2.16. The van der Waals surface area contributed by atoms with E-state index in [0.29, 0.717) is 11.6 Å². The van der Waals surface area contributed by atoms with Gasteiger partial charge in [0, 0.05) is 26.7 Å². The fraction of sp³-hybridized carbons (Fsp3) is 0.583. The topological polar surface area (TPSA) is 67.3 Å². The number of ether oxygens (including phenoxy) is 1. The summed E-state index contributed by atoms with van der Waals surface area (Å²) in [4.78, 5) is 13.1. The number of hydrogen-bond acceptors (Lipinski definition) is 5. The lowest BCUT2D eigenvalue weighted by molar-refractivity contribution is 0.0820. The lowest BCUT2D eigenvalue weighted by Crippen LogP contribution is -2.37. The predicted molar refractivity (Wildman–Crippen MR) is 66.6 cm³/mol. The Labute approximate surface area is 106 Å². The lowest BCUT2D eigenvalue weighted by atomic mass is 10.1. The van der Waals surface area contributed by atoms with Crippen molar-refractivity contribution in [3.63, 3.8) is 0 Å². The van der Waals surface area contributed by atoms with Gasteiger partial charge in [-0.1, -0.05) is 0 Å². The van der Waals surface area contributed by atoms with E-state index in [1.165, 1.54) is 4.90 Å². The third kappa shape index (κ3) is 3.16. The van der Waals surface area contributed by atoms with Crippen molar-refractivity contribution in [3.8, 4) is 5.88 Å². The number of carbonyl (C=O) groups excluding carboxylic acids is 1. The molecule has 1 N–H and O–H groups in total. The molecule has 2 heterocycles. The van der Waals surface area contributed by atoms with Crippen molar-refractivity contribution in [3.05, 3.63) is 17.8 Å². The number of rotatable bonds is 3. The Bertz CT molecular complexity index is 399. The molecule has 1 aliphatic heterocycles.